The fraction of sp³-hybridized carbons (Fsp3) is 0.571. The SMILES string of the molecule is C[C@H](N[S@+]([O-])C(C)(C)C)c1cccc(OC(F)C(F)F)c1. The molecule has 1 aromatic rings. The van der Waals surface area contributed by atoms with E-state index < -0.39 is 28.9 Å². The fourth-order valence-electron chi connectivity index (χ4n) is 1.44. The molecule has 120 valence electrons. The number of halogens is 3. The number of ether oxygens (including phenoxy) is 1. The highest BCUT2D eigenvalue weighted by Crippen LogP contribution is 2.24. The molecular weight excluding hydrogens is 303 g/mol. The molecular formula is C14H20F3NO2S. The average Bonchev–Trinajstić information content (AvgIpc) is 2.37. The zero-order valence-electron chi connectivity index (χ0n) is 12.4. The molecule has 0 bridgehead atoms. The normalized spacial score (nSPS) is 16.6. The van der Waals surface area contributed by atoms with E-state index in [1.165, 1.54) is 12.1 Å². The molecule has 0 amide bonds. The minimum absolute atomic E-state index is 0.00971. The predicted octanol–water partition coefficient (Wildman–Crippen LogP) is 3.74. The van der Waals surface area contributed by atoms with Gasteiger partial charge in [-0.3, -0.25) is 0 Å². The van der Waals surface area contributed by atoms with Crippen LogP contribution in [0.3, 0.4) is 0 Å². The number of nitrogens with one attached hydrogen (secondary N) is 1. The van der Waals surface area contributed by atoms with Crippen LogP contribution in [0.15, 0.2) is 24.3 Å². The number of rotatable bonds is 6. The molecule has 0 radical (unpaired) electrons. The quantitative estimate of drug-likeness (QED) is 0.811. The summed E-state index contributed by atoms with van der Waals surface area (Å²) in [7, 11) is 0. The van der Waals surface area contributed by atoms with Gasteiger partial charge >= 0.3 is 6.43 Å². The van der Waals surface area contributed by atoms with Gasteiger partial charge in [0.15, 0.2) is 0 Å². The van der Waals surface area contributed by atoms with E-state index in [2.05, 4.69) is 9.46 Å². The second-order valence-corrected chi connectivity index (χ2v) is 7.59. The van der Waals surface area contributed by atoms with Crippen LogP contribution in [0.2, 0.25) is 0 Å². The van der Waals surface area contributed by atoms with Gasteiger partial charge in [-0.1, -0.05) is 12.1 Å². The molecule has 21 heavy (non-hydrogen) atoms. The molecule has 0 aliphatic rings. The predicted molar refractivity (Wildman–Crippen MR) is 77.4 cm³/mol. The number of hydrogen-bond acceptors (Lipinski definition) is 3. The van der Waals surface area contributed by atoms with Gasteiger partial charge in [-0.25, -0.2) is 8.78 Å². The molecule has 0 saturated carbocycles. The summed E-state index contributed by atoms with van der Waals surface area (Å²) >= 11 is -1.28. The maximum absolute atomic E-state index is 12.9. The monoisotopic (exact) mass is 323 g/mol. The van der Waals surface area contributed by atoms with Crippen LogP contribution in [-0.2, 0) is 11.4 Å². The van der Waals surface area contributed by atoms with E-state index in [-0.39, 0.29) is 11.8 Å². The molecule has 1 unspecified atom stereocenters. The van der Waals surface area contributed by atoms with E-state index in [1.54, 1.807) is 19.1 Å². The van der Waals surface area contributed by atoms with Crippen molar-refractivity contribution in [1.82, 2.24) is 4.72 Å². The molecule has 0 aromatic heterocycles. The van der Waals surface area contributed by atoms with Gasteiger partial charge in [0.05, 0.1) is 6.04 Å². The Labute approximate surface area is 126 Å². The van der Waals surface area contributed by atoms with Crippen LogP contribution in [0, 0.1) is 0 Å². The fourth-order valence-corrected chi connectivity index (χ4v) is 2.25. The maximum Gasteiger partial charge on any atom is 0.304 e. The third-order valence-electron chi connectivity index (χ3n) is 2.64. The molecule has 3 atom stereocenters. The van der Waals surface area contributed by atoms with Crippen LogP contribution < -0.4 is 9.46 Å². The molecule has 0 spiro atoms. The zero-order chi connectivity index (χ0) is 16.2. The van der Waals surface area contributed by atoms with Crippen molar-refractivity contribution in [3.63, 3.8) is 0 Å². The first kappa shape index (κ1) is 18.1. The summed E-state index contributed by atoms with van der Waals surface area (Å²) < 4.78 is 56.1. The van der Waals surface area contributed by atoms with Gasteiger partial charge < -0.3 is 9.29 Å². The maximum atomic E-state index is 12.9. The molecule has 0 aliphatic carbocycles. The first-order valence-corrected chi connectivity index (χ1v) is 7.63. The topological polar surface area (TPSA) is 44.3 Å². The Morgan fingerprint density at radius 2 is 1.86 bits per heavy atom. The lowest BCUT2D eigenvalue weighted by molar-refractivity contribution is -0.0669. The van der Waals surface area contributed by atoms with Crippen molar-refractivity contribution in [1.29, 1.82) is 0 Å². The van der Waals surface area contributed by atoms with Crippen LogP contribution in [0.5, 0.6) is 5.75 Å². The summed E-state index contributed by atoms with van der Waals surface area (Å²) in [6.45, 7) is 7.28. The minimum Gasteiger partial charge on any atom is -0.598 e. The van der Waals surface area contributed by atoms with Gasteiger partial charge in [0.2, 0.25) is 0 Å². The molecule has 1 N–H and O–H groups in total. The Balaban J connectivity index is 2.75. The van der Waals surface area contributed by atoms with E-state index in [4.69, 9.17) is 0 Å². The first-order valence-electron chi connectivity index (χ1n) is 6.48. The van der Waals surface area contributed by atoms with E-state index in [1.807, 2.05) is 20.8 Å². The summed E-state index contributed by atoms with van der Waals surface area (Å²) in [5, 5.41) is 0. The van der Waals surface area contributed by atoms with Gasteiger partial charge in [-0.2, -0.15) is 4.39 Å². The number of benzene rings is 1. The lowest BCUT2D eigenvalue weighted by Gasteiger charge is -2.26. The molecule has 0 saturated heterocycles. The average molecular weight is 323 g/mol. The second kappa shape index (κ2) is 7.38. The Kier molecular flexibility index (Phi) is 6.37. The van der Waals surface area contributed by atoms with Crippen LogP contribution in [0.1, 0.15) is 39.3 Å². The summed E-state index contributed by atoms with van der Waals surface area (Å²) in [6.07, 6.45) is -5.86. The zero-order valence-corrected chi connectivity index (χ0v) is 13.2. The Hall–Kier alpha value is -0.920. The second-order valence-electron chi connectivity index (χ2n) is 5.60. The lowest BCUT2D eigenvalue weighted by Crippen LogP contribution is -2.40. The van der Waals surface area contributed by atoms with Crippen molar-refractivity contribution >= 4 is 11.4 Å². The molecule has 1 aromatic carbocycles. The van der Waals surface area contributed by atoms with Crippen molar-refractivity contribution < 1.29 is 22.5 Å². The highest BCUT2D eigenvalue weighted by Gasteiger charge is 2.28. The highest BCUT2D eigenvalue weighted by atomic mass is 32.2. The van der Waals surface area contributed by atoms with Crippen LogP contribution >= 0.6 is 0 Å². The summed E-state index contributed by atoms with van der Waals surface area (Å²) in [5.74, 6) is 0.00971. The van der Waals surface area contributed by atoms with Gasteiger partial charge in [0.25, 0.3) is 6.36 Å². The third-order valence-corrected chi connectivity index (χ3v) is 4.32. The summed E-state index contributed by atoms with van der Waals surface area (Å²) in [6, 6.07) is 5.85. The Morgan fingerprint density at radius 3 is 2.38 bits per heavy atom. The van der Waals surface area contributed by atoms with Crippen molar-refractivity contribution in [2.45, 2.75) is 51.3 Å². The van der Waals surface area contributed by atoms with E-state index in [0.717, 1.165) is 0 Å². The van der Waals surface area contributed by atoms with Crippen LogP contribution in [-0.4, -0.2) is 22.1 Å². The minimum atomic E-state index is -3.20. The molecule has 0 fully saturated rings. The van der Waals surface area contributed by atoms with Crippen LogP contribution in [0.25, 0.3) is 0 Å². The standard InChI is InChI=1S/C14H20F3NO2S/c1-9(18-21(19)14(2,3)4)10-6-5-7-11(8-10)20-13(17)12(15)16/h5-9,12-13,18H,1-4H3/t9-,13?,21+/m0/s1. The number of hydrogen-bond donors (Lipinski definition) is 1. The Morgan fingerprint density at radius 1 is 1.24 bits per heavy atom. The lowest BCUT2D eigenvalue weighted by atomic mass is 10.1. The summed E-state index contributed by atoms with van der Waals surface area (Å²) in [4.78, 5) is 0. The van der Waals surface area contributed by atoms with Gasteiger partial charge in [0, 0.05) is 11.4 Å². The van der Waals surface area contributed by atoms with Crippen LogP contribution in [0.4, 0.5) is 13.2 Å². The summed E-state index contributed by atoms with van der Waals surface area (Å²) in [5.41, 5.74) is 0.673. The smallest absolute Gasteiger partial charge is 0.304 e. The molecule has 1 rings (SSSR count). The van der Waals surface area contributed by atoms with Gasteiger partial charge in [-0.05, 0) is 45.4 Å². The Bertz CT molecular complexity index is 454. The number of alkyl halides is 3. The largest absolute Gasteiger partial charge is 0.598 e. The highest BCUT2D eigenvalue weighted by molar-refractivity contribution is 7.90. The molecule has 3 nitrogen and oxygen atoms in total. The van der Waals surface area contributed by atoms with Crippen molar-refractivity contribution in [2.24, 2.45) is 0 Å². The van der Waals surface area contributed by atoms with Crippen molar-refractivity contribution in [3.8, 4) is 5.75 Å². The molecule has 0 heterocycles. The van der Waals surface area contributed by atoms with E-state index >= 15 is 0 Å². The van der Waals surface area contributed by atoms with Crippen molar-refractivity contribution in [2.75, 3.05) is 0 Å². The molecule has 7 heteroatoms. The van der Waals surface area contributed by atoms with E-state index in [0.29, 0.717) is 5.56 Å². The van der Waals surface area contributed by atoms with Crippen molar-refractivity contribution in [3.05, 3.63) is 29.8 Å². The van der Waals surface area contributed by atoms with Gasteiger partial charge in [-0.15, -0.1) is 4.72 Å². The van der Waals surface area contributed by atoms with Gasteiger partial charge in [0.1, 0.15) is 10.5 Å². The van der Waals surface area contributed by atoms with E-state index in [9.17, 15) is 17.7 Å². The molecule has 0 aliphatic heterocycles. The third kappa shape index (κ3) is 5.76. The first-order chi connectivity index (χ1) is 9.61.